The summed E-state index contributed by atoms with van der Waals surface area (Å²) in [5.41, 5.74) is 2.36. The van der Waals surface area contributed by atoms with Gasteiger partial charge in [0.2, 0.25) is 5.79 Å². The summed E-state index contributed by atoms with van der Waals surface area (Å²) in [6, 6.07) is 0. The summed E-state index contributed by atoms with van der Waals surface area (Å²) < 4.78 is 11.8. The largest absolute Gasteiger partial charge is 0.425 e. The lowest BCUT2D eigenvalue weighted by molar-refractivity contribution is -0.182. The number of rotatable bonds is 0. The van der Waals surface area contributed by atoms with Crippen molar-refractivity contribution in [1.29, 1.82) is 0 Å². The molecule has 2 bridgehead atoms. The molecule has 4 rings (SSSR count). The molecule has 4 heteroatoms. The van der Waals surface area contributed by atoms with E-state index in [0.717, 1.165) is 36.8 Å². The Labute approximate surface area is 143 Å². The molecule has 0 aromatic heterocycles. The lowest BCUT2D eigenvalue weighted by atomic mass is 9.58. The van der Waals surface area contributed by atoms with Crippen molar-refractivity contribution < 1.29 is 19.4 Å². The summed E-state index contributed by atoms with van der Waals surface area (Å²) in [6.07, 6.45) is 7.79. The van der Waals surface area contributed by atoms with Crippen LogP contribution in [0.1, 0.15) is 66.2 Å². The first kappa shape index (κ1) is 16.3. The van der Waals surface area contributed by atoms with Crippen LogP contribution in [-0.4, -0.2) is 28.6 Å². The van der Waals surface area contributed by atoms with Crippen molar-refractivity contribution in [2.45, 2.75) is 83.7 Å². The van der Waals surface area contributed by atoms with Gasteiger partial charge < -0.3 is 14.6 Å². The molecule has 24 heavy (non-hydrogen) atoms. The first-order valence-corrected chi connectivity index (χ1v) is 9.17. The number of carbonyl (C=O) groups excluding carboxylic acids is 1. The van der Waals surface area contributed by atoms with Crippen LogP contribution in [0.5, 0.6) is 0 Å². The van der Waals surface area contributed by atoms with Crippen LogP contribution in [0.2, 0.25) is 0 Å². The number of hydrogen-bond donors (Lipinski definition) is 1. The standard InChI is InChI=1S/C20H28O4/c1-12-6-5-8-18(3)15(19(4)9-7-16(18)23-19)10-14-13(2)17(21)24-20(14,22)11-12/h6,15-16,22H,5,7-11H2,1-4H3/b12-6+/t15-,16?,18-,19?,20-/m1/s1. The summed E-state index contributed by atoms with van der Waals surface area (Å²) in [6.45, 7) is 8.34. The molecule has 1 aliphatic carbocycles. The molecular weight excluding hydrogens is 304 g/mol. The number of esters is 1. The Balaban J connectivity index is 1.82. The minimum atomic E-state index is -1.47. The van der Waals surface area contributed by atoms with Gasteiger partial charge in [0, 0.05) is 17.6 Å². The second kappa shape index (κ2) is 4.95. The molecule has 0 aromatic carbocycles. The first-order chi connectivity index (χ1) is 11.2. The fourth-order valence-electron chi connectivity index (χ4n) is 5.73. The average Bonchev–Trinajstić information content (AvgIpc) is 3.03. The molecule has 4 aliphatic rings. The van der Waals surface area contributed by atoms with Crippen LogP contribution in [0.4, 0.5) is 0 Å². The monoisotopic (exact) mass is 332 g/mol. The maximum Gasteiger partial charge on any atom is 0.336 e. The van der Waals surface area contributed by atoms with E-state index < -0.39 is 5.79 Å². The predicted molar refractivity (Wildman–Crippen MR) is 90.1 cm³/mol. The smallest absolute Gasteiger partial charge is 0.336 e. The van der Waals surface area contributed by atoms with Gasteiger partial charge in [-0.25, -0.2) is 4.79 Å². The first-order valence-electron chi connectivity index (χ1n) is 9.17. The second-order valence-corrected chi connectivity index (χ2v) is 8.76. The van der Waals surface area contributed by atoms with Crippen LogP contribution in [0.15, 0.2) is 22.8 Å². The molecule has 3 heterocycles. The number of aliphatic hydroxyl groups is 1. The molecule has 0 spiro atoms. The van der Waals surface area contributed by atoms with Crippen LogP contribution in [0, 0.1) is 11.3 Å². The summed E-state index contributed by atoms with van der Waals surface area (Å²) in [7, 11) is 0. The highest BCUT2D eigenvalue weighted by Crippen LogP contribution is 2.62. The minimum Gasteiger partial charge on any atom is -0.425 e. The molecule has 2 unspecified atom stereocenters. The Kier molecular flexibility index (Phi) is 3.37. The third-order valence-corrected chi connectivity index (χ3v) is 7.18. The van der Waals surface area contributed by atoms with Gasteiger partial charge in [-0.15, -0.1) is 0 Å². The van der Waals surface area contributed by atoms with E-state index in [1.54, 1.807) is 6.92 Å². The summed E-state index contributed by atoms with van der Waals surface area (Å²) in [5.74, 6) is -1.55. The van der Waals surface area contributed by atoms with Crippen molar-refractivity contribution >= 4 is 5.97 Å². The van der Waals surface area contributed by atoms with E-state index in [-0.39, 0.29) is 23.1 Å². The van der Waals surface area contributed by atoms with E-state index in [2.05, 4.69) is 19.9 Å². The van der Waals surface area contributed by atoms with Crippen LogP contribution in [0.3, 0.4) is 0 Å². The zero-order chi connectivity index (χ0) is 17.3. The Hall–Kier alpha value is -1.13. The molecule has 0 saturated carbocycles. The van der Waals surface area contributed by atoms with Crippen LogP contribution in [-0.2, 0) is 14.3 Å². The Morgan fingerprint density at radius 1 is 1.25 bits per heavy atom. The van der Waals surface area contributed by atoms with Crippen molar-refractivity contribution in [2.75, 3.05) is 0 Å². The van der Waals surface area contributed by atoms with Crippen LogP contribution >= 0.6 is 0 Å². The van der Waals surface area contributed by atoms with Crippen molar-refractivity contribution in [1.82, 2.24) is 0 Å². The van der Waals surface area contributed by atoms with E-state index in [4.69, 9.17) is 9.47 Å². The fraction of sp³-hybridized carbons (Fsp3) is 0.750. The van der Waals surface area contributed by atoms with Crippen LogP contribution < -0.4 is 0 Å². The maximum absolute atomic E-state index is 12.2. The van der Waals surface area contributed by atoms with E-state index >= 15 is 0 Å². The van der Waals surface area contributed by atoms with E-state index in [9.17, 15) is 9.90 Å². The number of fused-ring (bicyclic) bond motifs is 6. The summed E-state index contributed by atoms with van der Waals surface area (Å²) in [4.78, 5) is 12.2. The molecule has 5 atom stereocenters. The summed E-state index contributed by atoms with van der Waals surface area (Å²) in [5, 5.41) is 11.1. The molecule has 132 valence electrons. The fourth-order valence-corrected chi connectivity index (χ4v) is 5.73. The Morgan fingerprint density at radius 3 is 2.75 bits per heavy atom. The van der Waals surface area contributed by atoms with Crippen molar-refractivity contribution in [3.05, 3.63) is 22.8 Å². The van der Waals surface area contributed by atoms with E-state index in [0.29, 0.717) is 24.3 Å². The lowest BCUT2D eigenvalue weighted by Crippen LogP contribution is -2.44. The van der Waals surface area contributed by atoms with Crippen LogP contribution in [0.25, 0.3) is 0 Å². The van der Waals surface area contributed by atoms with Crippen molar-refractivity contribution in [3.63, 3.8) is 0 Å². The third-order valence-electron chi connectivity index (χ3n) is 7.18. The molecule has 3 aliphatic heterocycles. The van der Waals surface area contributed by atoms with Gasteiger partial charge in [0.15, 0.2) is 0 Å². The normalized spacial score (nSPS) is 50.2. The third kappa shape index (κ3) is 2.08. The van der Waals surface area contributed by atoms with Gasteiger partial charge in [-0.1, -0.05) is 18.6 Å². The SMILES string of the molecule is CC1=C2C[C@H]3C4(C)CCC(O4)[C@]3(C)CC/C=C(\C)C[C@@]2(O)OC1=O. The zero-order valence-electron chi connectivity index (χ0n) is 15.1. The number of carbonyl (C=O) groups is 1. The highest BCUT2D eigenvalue weighted by Gasteiger charge is 2.63. The van der Waals surface area contributed by atoms with Crippen molar-refractivity contribution in [3.8, 4) is 0 Å². The van der Waals surface area contributed by atoms with Gasteiger partial charge >= 0.3 is 5.97 Å². The van der Waals surface area contributed by atoms with Gasteiger partial charge in [0.25, 0.3) is 0 Å². The van der Waals surface area contributed by atoms with Gasteiger partial charge in [-0.3, -0.25) is 0 Å². The molecule has 0 radical (unpaired) electrons. The number of allylic oxidation sites excluding steroid dienone is 1. The highest BCUT2D eigenvalue weighted by molar-refractivity contribution is 5.92. The molecule has 1 N–H and O–H groups in total. The highest BCUT2D eigenvalue weighted by atomic mass is 16.7. The maximum atomic E-state index is 12.2. The van der Waals surface area contributed by atoms with Gasteiger partial charge in [-0.05, 0) is 64.2 Å². The molecule has 2 fully saturated rings. The quantitative estimate of drug-likeness (QED) is 0.543. The Bertz CT molecular complexity index is 663. The van der Waals surface area contributed by atoms with Gasteiger partial charge in [0.1, 0.15) is 0 Å². The molecule has 4 nitrogen and oxygen atoms in total. The van der Waals surface area contributed by atoms with Crippen molar-refractivity contribution in [2.24, 2.45) is 11.3 Å². The molecule has 0 amide bonds. The second-order valence-electron chi connectivity index (χ2n) is 8.76. The van der Waals surface area contributed by atoms with Gasteiger partial charge in [0.05, 0.1) is 11.7 Å². The molecule has 2 saturated heterocycles. The van der Waals surface area contributed by atoms with Gasteiger partial charge in [-0.2, -0.15) is 0 Å². The molecular formula is C20H28O4. The topological polar surface area (TPSA) is 55.8 Å². The Morgan fingerprint density at radius 2 is 2.00 bits per heavy atom. The van der Waals surface area contributed by atoms with E-state index in [1.807, 2.05) is 6.92 Å². The lowest BCUT2D eigenvalue weighted by Gasteiger charge is -2.43. The average molecular weight is 332 g/mol. The minimum absolute atomic E-state index is 0.0843. The zero-order valence-corrected chi connectivity index (χ0v) is 15.1. The summed E-state index contributed by atoms with van der Waals surface area (Å²) >= 11 is 0. The van der Waals surface area contributed by atoms with E-state index in [1.165, 1.54) is 0 Å². The predicted octanol–water partition coefficient (Wildman–Crippen LogP) is 3.64. The number of hydrogen-bond acceptors (Lipinski definition) is 4. The number of ether oxygens (including phenoxy) is 2. The molecule has 0 aromatic rings.